The molecule has 0 radical (unpaired) electrons. The predicted molar refractivity (Wildman–Crippen MR) is 256 cm³/mol. The second kappa shape index (κ2) is 26.9. The third-order valence-electron chi connectivity index (χ3n) is 9.99. The van der Waals surface area contributed by atoms with Gasteiger partial charge in [-0.05, 0) is 88.4 Å². The van der Waals surface area contributed by atoms with Crippen molar-refractivity contribution in [1.82, 2.24) is 0 Å². The van der Waals surface area contributed by atoms with Crippen molar-refractivity contribution in [3.05, 3.63) is 65.2 Å². The number of ether oxygens (including phenoxy) is 2. The summed E-state index contributed by atoms with van der Waals surface area (Å²) in [5.74, 6) is 2.73. The SMILES string of the molecule is CBr.CC.CC.CC(C)C.CCC(C)(C)C(=O)OCCSC1CC(=O)N(c2ccc(N=C3C(=O)C4=C(OC(C)(C)CC4)c4ccccc43)cc2)C1=O.CCC(C)(C)CC. The number of benzene rings is 2. The Morgan fingerprint density at radius 1 is 0.898 bits per heavy atom. The van der Waals surface area contributed by atoms with E-state index in [1.807, 2.05) is 92.4 Å². The first-order valence-corrected chi connectivity index (χ1v) is 24.2. The molecule has 1 unspecified atom stereocenters. The molecule has 2 aromatic rings. The van der Waals surface area contributed by atoms with Crippen molar-refractivity contribution in [1.29, 1.82) is 0 Å². The largest absolute Gasteiger partial charge is 0.487 e. The van der Waals surface area contributed by atoms with Gasteiger partial charge in [-0.25, -0.2) is 9.89 Å². The number of alkyl halides is 1. The van der Waals surface area contributed by atoms with Crippen LogP contribution in [-0.2, 0) is 28.7 Å². The zero-order chi connectivity index (χ0) is 45.7. The Balaban J connectivity index is 0.00000170. The third kappa shape index (κ3) is 17.0. The highest BCUT2D eigenvalue weighted by Crippen LogP contribution is 2.42. The van der Waals surface area contributed by atoms with Crippen molar-refractivity contribution < 1.29 is 28.7 Å². The summed E-state index contributed by atoms with van der Waals surface area (Å²) in [6.07, 6.45) is 4.70. The summed E-state index contributed by atoms with van der Waals surface area (Å²) in [5, 5.41) is -0.531. The standard InChI is InChI=1S/C33H36N2O6S.C7H16.C4H10.2C2H6.CH3Br/c1-6-32(2,3)31(39)40-17-18-42-25-19-26(36)35(30(25)38)21-13-11-20(12-14-21)34-27-22-9-7-8-10-23(22)29-24(28(27)37)15-16-33(4,5)41-29;1-5-7(3,4)6-2;1-4(2)3;3*1-2/h7-14,25H,6,15-19H2,1-5H3;5-6H2,1-4H3;4H,1-3H3;2*1-2H3;1H3. The maximum Gasteiger partial charge on any atom is 0.311 e. The van der Waals surface area contributed by atoms with Gasteiger partial charge in [0.1, 0.15) is 23.7 Å². The number of carbonyl (C=O) groups is 4. The second-order valence-electron chi connectivity index (χ2n) is 16.6. The number of Topliss-reactive ketones (excluding diaryl/α,β-unsaturated/α-hetero) is 1. The van der Waals surface area contributed by atoms with E-state index in [1.165, 1.54) is 29.5 Å². The molecule has 2 aromatic carbocycles. The quantitative estimate of drug-likeness (QED) is 0.101. The van der Waals surface area contributed by atoms with Gasteiger partial charge in [0.25, 0.3) is 0 Å². The van der Waals surface area contributed by atoms with E-state index in [0.29, 0.717) is 52.4 Å². The molecule has 10 heteroatoms. The van der Waals surface area contributed by atoms with Crippen molar-refractivity contribution in [2.45, 2.75) is 160 Å². The van der Waals surface area contributed by atoms with Crippen molar-refractivity contribution in [2.75, 3.05) is 23.1 Å². The molecule has 5 rings (SSSR count). The van der Waals surface area contributed by atoms with Crippen LogP contribution in [0.25, 0.3) is 5.76 Å². The van der Waals surface area contributed by atoms with Gasteiger partial charge in [-0.15, -0.1) is 11.8 Å². The van der Waals surface area contributed by atoms with Gasteiger partial charge in [0, 0.05) is 28.9 Å². The van der Waals surface area contributed by atoms with Crippen molar-refractivity contribution in [3.63, 3.8) is 0 Å². The number of hydrogen-bond donors (Lipinski definition) is 0. The number of hydrogen-bond acceptors (Lipinski definition) is 8. The monoisotopic (exact) mass is 900 g/mol. The molecule has 1 fully saturated rings. The Morgan fingerprint density at radius 3 is 1.92 bits per heavy atom. The fourth-order valence-electron chi connectivity index (χ4n) is 5.35. The summed E-state index contributed by atoms with van der Waals surface area (Å²) in [7, 11) is 0. The van der Waals surface area contributed by atoms with E-state index >= 15 is 0 Å². The highest BCUT2D eigenvalue weighted by Gasteiger charge is 2.41. The third-order valence-corrected chi connectivity index (χ3v) is 11.2. The van der Waals surface area contributed by atoms with E-state index in [-0.39, 0.29) is 42.2 Å². The van der Waals surface area contributed by atoms with Crippen molar-refractivity contribution in [2.24, 2.45) is 21.7 Å². The number of halogens is 1. The van der Waals surface area contributed by atoms with E-state index < -0.39 is 10.7 Å². The summed E-state index contributed by atoms with van der Waals surface area (Å²) in [5.41, 5.74) is 3.26. The molecule has 3 aliphatic rings. The number of thioether (sulfide) groups is 1. The van der Waals surface area contributed by atoms with Crippen LogP contribution < -0.4 is 4.90 Å². The molecule has 0 saturated carbocycles. The first-order valence-electron chi connectivity index (χ1n) is 21.6. The number of rotatable bonds is 10. The van der Waals surface area contributed by atoms with E-state index in [0.717, 1.165) is 23.5 Å². The van der Waals surface area contributed by atoms with Crippen LogP contribution in [0.4, 0.5) is 11.4 Å². The van der Waals surface area contributed by atoms with Crippen LogP contribution in [0.15, 0.2) is 59.1 Å². The fraction of sp³-hybridized carbons (Fsp3) is 0.612. The normalized spacial score (nSPS) is 17.2. The zero-order valence-corrected chi connectivity index (χ0v) is 42.0. The summed E-state index contributed by atoms with van der Waals surface area (Å²) >= 11 is 4.26. The molecule has 8 nitrogen and oxygen atoms in total. The Labute approximate surface area is 371 Å². The predicted octanol–water partition coefficient (Wildman–Crippen LogP) is 13.6. The number of amides is 2. The fourth-order valence-corrected chi connectivity index (χ4v) is 6.32. The summed E-state index contributed by atoms with van der Waals surface area (Å²) in [6.45, 7) is 33.4. The molecule has 1 aliphatic carbocycles. The van der Waals surface area contributed by atoms with E-state index in [2.05, 4.69) is 64.4 Å². The van der Waals surface area contributed by atoms with Gasteiger partial charge in [0.05, 0.1) is 22.0 Å². The highest BCUT2D eigenvalue weighted by atomic mass is 79.9. The Kier molecular flexibility index (Phi) is 25.4. The van der Waals surface area contributed by atoms with E-state index in [9.17, 15) is 19.2 Å². The van der Waals surface area contributed by atoms with Gasteiger partial charge < -0.3 is 9.47 Å². The van der Waals surface area contributed by atoms with Gasteiger partial charge in [-0.2, -0.15) is 0 Å². The molecule has 0 aromatic heterocycles. The number of aliphatic imine (C=N–C) groups is 1. The van der Waals surface area contributed by atoms with Gasteiger partial charge in [-0.1, -0.05) is 136 Å². The van der Waals surface area contributed by atoms with Crippen LogP contribution in [-0.4, -0.2) is 58.3 Å². The second-order valence-corrected chi connectivity index (χ2v) is 17.9. The lowest BCUT2D eigenvalue weighted by molar-refractivity contribution is -0.153. The van der Waals surface area contributed by atoms with Gasteiger partial charge in [0.15, 0.2) is 0 Å². The number of fused-ring (bicyclic) bond motifs is 2. The minimum absolute atomic E-state index is 0.0869. The number of imide groups is 1. The van der Waals surface area contributed by atoms with Crippen LogP contribution in [0, 0.1) is 16.7 Å². The molecular formula is C49H77BrN2O6S. The molecule has 2 aliphatic heterocycles. The Morgan fingerprint density at radius 2 is 1.42 bits per heavy atom. The van der Waals surface area contributed by atoms with Crippen molar-refractivity contribution >= 4 is 74.1 Å². The number of allylic oxidation sites excluding steroid dienone is 1. The molecule has 332 valence electrons. The molecule has 0 spiro atoms. The molecule has 0 bridgehead atoms. The molecule has 1 atom stereocenters. The Hall–Kier alpha value is -3.24. The number of carbonyl (C=O) groups excluding carboxylic acids is 4. The van der Waals surface area contributed by atoms with E-state index in [4.69, 9.17) is 14.5 Å². The average Bonchev–Trinajstić information content (AvgIpc) is 3.51. The number of ketones is 1. The smallest absolute Gasteiger partial charge is 0.311 e. The minimum atomic E-state index is -0.549. The van der Waals surface area contributed by atoms with Crippen LogP contribution >= 0.6 is 27.7 Å². The lowest BCUT2D eigenvalue weighted by atomic mass is 9.82. The van der Waals surface area contributed by atoms with Crippen molar-refractivity contribution in [3.8, 4) is 0 Å². The lowest BCUT2D eigenvalue weighted by Crippen LogP contribution is -2.34. The minimum Gasteiger partial charge on any atom is -0.487 e. The average molecular weight is 902 g/mol. The molecule has 2 amide bonds. The van der Waals surface area contributed by atoms with Gasteiger partial charge in [0.2, 0.25) is 17.6 Å². The molecule has 0 N–H and O–H groups in total. The van der Waals surface area contributed by atoms with E-state index in [1.54, 1.807) is 24.3 Å². The number of anilines is 1. The first-order chi connectivity index (χ1) is 27.8. The van der Waals surface area contributed by atoms with Crippen LogP contribution in [0.1, 0.15) is 160 Å². The number of esters is 1. The molecule has 2 heterocycles. The maximum absolute atomic E-state index is 13.5. The maximum atomic E-state index is 13.5. The Bertz CT molecular complexity index is 1690. The molecule has 59 heavy (non-hydrogen) atoms. The zero-order valence-electron chi connectivity index (χ0n) is 39.6. The summed E-state index contributed by atoms with van der Waals surface area (Å²) in [6, 6.07) is 14.4. The van der Waals surface area contributed by atoms with Gasteiger partial charge >= 0.3 is 5.97 Å². The topological polar surface area (TPSA) is 102 Å². The summed E-state index contributed by atoms with van der Waals surface area (Å²) in [4.78, 5) is 57.5. The van der Waals surface area contributed by atoms with Crippen LogP contribution in [0.2, 0.25) is 0 Å². The van der Waals surface area contributed by atoms with Gasteiger partial charge in [-0.3, -0.25) is 19.2 Å². The number of nitrogens with zero attached hydrogens (tertiary/aromatic N) is 2. The summed E-state index contributed by atoms with van der Waals surface area (Å²) < 4.78 is 11.6. The van der Waals surface area contributed by atoms with Crippen LogP contribution in [0.3, 0.4) is 0 Å². The first kappa shape index (κ1) is 55.8. The highest BCUT2D eigenvalue weighted by molar-refractivity contribution is 9.08. The lowest BCUT2D eigenvalue weighted by Gasteiger charge is -2.36. The van der Waals surface area contributed by atoms with Crippen LogP contribution in [0.5, 0.6) is 0 Å². The molecule has 1 saturated heterocycles. The molecular weight excluding hydrogens is 825 g/mol.